The van der Waals surface area contributed by atoms with E-state index in [0.717, 1.165) is 13.1 Å². The van der Waals surface area contributed by atoms with Crippen LogP contribution in [-0.4, -0.2) is 50.1 Å². The summed E-state index contributed by atoms with van der Waals surface area (Å²) in [6, 6.07) is 0.714. The van der Waals surface area contributed by atoms with Gasteiger partial charge in [-0.25, -0.2) is 0 Å². The highest BCUT2D eigenvalue weighted by atomic mass is 32.2. The SMILES string of the molecule is CNCCN(C)C(C)CCSC. The van der Waals surface area contributed by atoms with Crippen molar-refractivity contribution >= 4 is 11.8 Å². The largest absolute Gasteiger partial charge is 0.318 e. The molecule has 0 saturated heterocycles. The molecule has 0 aliphatic carbocycles. The third kappa shape index (κ3) is 5.86. The average molecular weight is 190 g/mol. The van der Waals surface area contributed by atoms with Crippen molar-refractivity contribution in [1.29, 1.82) is 0 Å². The van der Waals surface area contributed by atoms with Gasteiger partial charge in [-0.05, 0) is 39.4 Å². The zero-order valence-electron chi connectivity index (χ0n) is 8.76. The van der Waals surface area contributed by atoms with E-state index in [9.17, 15) is 0 Å². The molecular weight excluding hydrogens is 168 g/mol. The van der Waals surface area contributed by atoms with E-state index in [2.05, 4.69) is 30.4 Å². The Kier molecular flexibility index (Phi) is 8.07. The molecule has 0 amide bonds. The first-order chi connectivity index (χ1) is 5.72. The number of hydrogen-bond donors (Lipinski definition) is 1. The molecule has 0 fully saturated rings. The predicted octanol–water partition coefficient (Wildman–Crippen LogP) is 1.28. The smallest absolute Gasteiger partial charge is 0.0106 e. The minimum absolute atomic E-state index is 0.714. The van der Waals surface area contributed by atoms with Crippen LogP contribution < -0.4 is 5.32 Å². The minimum Gasteiger partial charge on any atom is -0.318 e. The minimum atomic E-state index is 0.714. The first-order valence-electron chi connectivity index (χ1n) is 4.56. The second-order valence-electron chi connectivity index (χ2n) is 3.21. The zero-order valence-corrected chi connectivity index (χ0v) is 9.58. The molecule has 12 heavy (non-hydrogen) atoms. The molecule has 0 aliphatic heterocycles. The fourth-order valence-electron chi connectivity index (χ4n) is 1.02. The molecule has 0 heterocycles. The average Bonchev–Trinajstić information content (AvgIpc) is 2.10. The Labute approximate surface area is 81.1 Å². The van der Waals surface area contributed by atoms with Crippen LogP contribution in [0.4, 0.5) is 0 Å². The molecule has 1 unspecified atom stereocenters. The van der Waals surface area contributed by atoms with Gasteiger partial charge < -0.3 is 10.2 Å². The van der Waals surface area contributed by atoms with Crippen molar-refractivity contribution in [3.05, 3.63) is 0 Å². The van der Waals surface area contributed by atoms with Crippen LogP contribution >= 0.6 is 11.8 Å². The molecule has 74 valence electrons. The van der Waals surface area contributed by atoms with Crippen molar-refractivity contribution in [2.45, 2.75) is 19.4 Å². The summed E-state index contributed by atoms with van der Waals surface area (Å²) in [5, 5.41) is 3.16. The van der Waals surface area contributed by atoms with Crippen molar-refractivity contribution in [2.75, 3.05) is 39.2 Å². The van der Waals surface area contributed by atoms with Gasteiger partial charge in [0.25, 0.3) is 0 Å². The van der Waals surface area contributed by atoms with Gasteiger partial charge in [-0.15, -0.1) is 0 Å². The second kappa shape index (κ2) is 7.90. The normalized spacial score (nSPS) is 13.8. The molecule has 0 bridgehead atoms. The molecule has 0 spiro atoms. The first-order valence-corrected chi connectivity index (χ1v) is 5.95. The quantitative estimate of drug-likeness (QED) is 0.651. The number of thioether (sulfide) groups is 1. The summed E-state index contributed by atoms with van der Waals surface area (Å²) in [5.41, 5.74) is 0. The van der Waals surface area contributed by atoms with Crippen molar-refractivity contribution in [2.24, 2.45) is 0 Å². The van der Waals surface area contributed by atoms with Crippen LogP contribution in [0.2, 0.25) is 0 Å². The molecule has 3 heteroatoms. The van der Waals surface area contributed by atoms with Gasteiger partial charge in [0.1, 0.15) is 0 Å². The van der Waals surface area contributed by atoms with Crippen LogP contribution in [0.1, 0.15) is 13.3 Å². The number of nitrogens with zero attached hydrogens (tertiary/aromatic N) is 1. The van der Waals surface area contributed by atoms with Crippen LogP contribution in [0, 0.1) is 0 Å². The standard InChI is InChI=1S/C9H22N2S/c1-9(5-8-12-4)11(3)7-6-10-2/h9-10H,5-8H2,1-4H3. The van der Waals surface area contributed by atoms with Gasteiger partial charge in [0.2, 0.25) is 0 Å². The first kappa shape index (κ1) is 12.3. The number of nitrogens with one attached hydrogen (secondary N) is 1. The number of hydrogen-bond acceptors (Lipinski definition) is 3. The van der Waals surface area contributed by atoms with Crippen molar-refractivity contribution in [3.63, 3.8) is 0 Å². The topological polar surface area (TPSA) is 15.3 Å². The highest BCUT2D eigenvalue weighted by Gasteiger charge is 2.06. The summed E-state index contributed by atoms with van der Waals surface area (Å²) < 4.78 is 0. The van der Waals surface area contributed by atoms with E-state index in [0.29, 0.717) is 6.04 Å². The van der Waals surface area contributed by atoms with E-state index in [1.807, 2.05) is 18.8 Å². The van der Waals surface area contributed by atoms with Crippen molar-refractivity contribution in [1.82, 2.24) is 10.2 Å². The molecule has 0 rings (SSSR count). The maximum absolute atomic E-state index is 3.16. The van der Waals surface area contributed by atoms with Gasteiger partial charge in [0, 0.05) is 19.1 Å². The van der Waals surface area contributed by atoms with Crippen LogP contribution in [0.25, 0.3) is 0 Å². The Hall–Kier alpha value is 0.270. The Morgan fingerprint density at radius 1 is 1.50 bits per heavy atom. The maximum atomic E-state index is 3.16. The van der Waals surface area contributed by atoms with E-state index in [1.165, 1.54) is 12.2 Å². The molecule has 0 saturated carbocycles. The monoisotopic (exact) mass is 190 g/mol. The summed E-state index contributed by atoms with van der Waals surface area (Å²) in [5.74, 6) is 1.27. The fourth-order valence-corrected chi connectivity index (χ4v) is 1.59. The summed E-state index contributed by atoms with van der Waals surface area (Å²) in [6.45, 7) is 4.53. The van der Waals surface area contributed by atoms with Gasteiger partial charge in [0.05, 0.1) is 0 Å². The highest BCUT2D eigenvalue weighted by Crippen LogP contribution is 2.04. The molecule has 0 aliphatic rings. The van der Waals surface area contributed by atoms with Crippen molar-refractivity contribution in [3.8, 4) is 0 Å². The van der Waals surface area contributed by atoms with Gasteiger partial charge in [-0.2, -0.15) is 11.8 Å². The molecule has 1 N–H and O–H groups in total. The molecule has 0 aromatic carbocycles. The molecule has 1 atom stereocenters. The lowest BCUT2D eigenvalue weighted by Crippen LogP contribution is -2.34. The van der Waals surface area contributed by atoms with E-state index < -0.39 is 0 Å². The van der Waals surface area contributed by atoms with Crippen LogP contribution in [-0.2, 0) is 0 Å². The van der Waals surface area contributed by atoms with Crippen LogP contribution in [0.3, 0.4) is 0 Å². The second-order valence-corrected chi connectivity index (χ2v) is 4.20. The number of likely N-dealkylation sites (N-methyl/N-ethyl adjacent to an activating group) is 2. The van der Waals surface area contributed by atoms with Gasteiger partial charge in [-0.1, -0.05) is 0 Å². The molecule has 0 aromatic rings. The van der Waals surface area contributed by atoms with E-state index in [1.54, 1.807) is 0 Å². The van der Waals surface area contributed by atoms with Crippen LogP contribution in [0.5, 0.6) is 0 Å². The summed E-state index contributed by atoms with van der Waals surface area (Å²) >= 11 is 1.93. The lowest BCUT2D eigenvalue weighted by molar-refractivity contribution is 0.255. The third-order valence-electron chi connectivity index (χ3n) is 2.21. The fraction of sp³-hybridized carbons (Fsp3) is 1.00. The van der Waals surface area contributed by atoms with Gasteiger partial charge >= 0.3 is 0 Å². The Bertz CT molecular complexity index is 86.5. The lowest BCUT2D eigenvalue weighted by atomic mass is 10.2. The predicted molar refractivity (Wildman–Crippen MR) is 59.0 cm³/mol. The summed E-state index contributed by atoms with van der Waals surface area (Å²) in [4.78, 5) is 2.41. The van der Waals surface area contributed by atoms with E-state index in [4.69, 9.17) is 0 Å². The number of rotatable bonds is 7. The highest BCUT2D eigenvalue weighted by molar-refractivity contribution is 7.98. The summed E-state index contributed by atoms with van der Waals surface area (Å²) in [6.07, 6.45) is 3.46. The summed E-state index contributed by atoms with van der Waals surface area (Å²) in [7, 11) is 4.20. The van der Waals surface area contributed by atoms with Crippen LogP contribution in [0.15, 0.2) is 0 Å². The molecule has 0 radical (unpaired) electrons. The molecule has 2 nitrogen and oxygen atoms in total. The van der Waals surface area contributed by atoms with Gasteiger partial charge in [-0.3, -0.25) is 0 Å². The lowest BCUT2D eigenvalue weighted by Gasteiger charge is -2.24. The zero-order chi connectivity index (χ0) is 9.40. The van der Waals surface area contributed by atoms with E-state index in [-0.39, 0.29) is 0 Å². The Morgan fingerprint density at radius 3 is 2.67 bits per heavy atom. The maximum Gasteiger partial charge on any atom is 0.0106 e. The van der Waals surface area contributed by atoms with Gasteiger partial charge in [0.15, 0.2) is 0 Å². The third-order valence-corrected chi connectivity index (χ3v) is 2.85. The Balaban J connectivity index is 3.39. The Morgan fingerprint density at radius 2 is 2.17 bits per heavy atom. The molecule has 0 aromatic heterocycles. The molecular formula is C9H22N2S. The van der Waals surface area contributed by atoms with Crippen molar-refractivity contribution < 1.29 is 0 Å². The van der Waals surface area contributed by atoms with E-state index >= 15 is 0 Å².